The molecule has 104 valence electrons. The van der Waals surface area contributed by atoms with Crippen molar-refractivity contribution in [2.45, 2.75) is 44.9 Å². The van der Waals surface area contributed by atoms with Crippen molar-refractivity contribution in [2.75, 3.05) is 7.11 Å². The van der Waals surface area contributed by atoms with Gasteiger partial charge in [0.15, 0.2) is 5.78 Å². The zero-order valence-electron chi connectivity index (χ0n) is 11.5. The second-order valence-electron chi connectivity index (χ2n) is 5.33. The third kappa shape index (κ3) is 4.07. The maximum Gasteiger partial charge on any atom is 0.164 e. The van der Waals surface area contributed by atoms with Gasteiger partial charge in [0.05, 0.1) is 7.11 Å². The molecule has 3 heteroatoms. The minimum absolute atomic E-state index is 0.251. The van der Waals surface area contributed by atoms with E-state index in [0.717, 1.165) is 15.8 Å². The van der Waals surface area contributed by atoms with Crippen molar-refractivity contribution in [3.05, 3.63) is 28.2 Å². The molecule has 0 N–H and O–H groups in total. The Morgan fingerprint density at radius 2 is 1.95 bits per heavy atom. The van der Waals surface area contributed by atoms with Crippen LogP contribution in [-0.4, -0.2) is 12.9 Å². The van der Waals surface area contributed by atoms with E-state index in [1.54, 1.807) is 7.11 Å². The summed E-state index contributed by atoms with van der Waals surface area (Å²) in [6, 6.07) is 5.58. The number of Topliss-reactive ketones (excluding diaryl/α,β-unsaturated/α-hetero) is 1. The standard InChI is InChI=1S/C16H21BrO2/c1-19-13-8-9-14(15(17)11-13)16(18)10-12-6-4-2-3-5-7-12/h8-9,11-12H,2-7,10H2,1H3. The fourth-order valence-electron chi connectivity index (χ4n) is 2.79. The smallest absolute Gasteiger partial charge is 0.164 e. The highest BCUT2D eigenvalue weighted by molar-refractivity contribution is 9.10. The second-order valence-corrected chi connectivity index (χ2v) is 6.19. The van der Waals surface area contributed by atoms with Crippen molar-refractivity contribution in [1.82, 2.24) is 0 Å². The predicted molar refractivity (Wildman–Crippen MR) is 80.8 cm³/mol. The Morgan fingerprint density at radius 1 is 1.26 bits per heavy atom. The van der Waals surface area contributed by atoms with Crippen molar-refractivity contribution in [3.8, 4) is 5.75 Å². The molecule has 0 radical (unpaired) electrons. The third-order valence-electron chi connectivity index (χ3n) is 3.93. The third-order valence-corrected chi connectivity index (χ3v) is 4.58. The molecule has 0 heterocycles. The lowest BCUT2D eigenvalue weighted by atomic mass is 9.92. The Bertz CT molecular complexity index is 434. The van der Waals surface area contributed by atoms with Gasteiger partial charge in [-0.3, -0.25) is 4.79 Å². The molecule has 0 amide bonds. The Balaban J connectivity index is 2.02. The fraction of sp³-hybridized carbons (Fsp3) is 0.562. The lowest BCUT2D eigenvalue weighted by Gasteiger charge is -2.13. The van der Waals surface area contributed by atoms with Crippen molar-refractivity contribution >= 4 is 21.7 Å². The van der Waals surface area contributed by atoms with Crippen LogP contribution in [0.3, 0.4) is 0 Å². The van der Waals surface area contributed by atoms with Gasteiger partial charge in [-0.2, -0.15) is 0 Å². The summed E-state index contributed by atoms with van der Waals surface area (Å²) in [5, 5.41) is 0. The summed E-state index contributed by atoms with van der Waals surface area (Å²) in [6.07, 6.45) is 8.32. The average molecular weight is 325 g/mol. The lowest BCUT2D eigenvalue weighted by molar-refractivity contribution is 0.0956. The van der Waals surface area contributed by atoms with Gasteiger partial charge < -0.3 is 4.74 Å². The van der Waals surface area contributed by atoms with Gasteiger partial charge in [-0.15, -0.1) is 0 Å². The average Bonchev–Trinajstić information content (AvgIpc) is 2.67. The van der Waals surface area contributed by atoms with Crippen LogP contribution in [0.1, 0.15) is 55.3 Å². The minimum atomic E-state index is 0.251. The summed E-state index contributed by atoms with van der Waals surface area (Å²) in [5.74, 6) is 1.60. The van der Waals surface area contributed by atoms with Crippen LogP contribution in [0.15, 0.2) is 22.7 Å². The number of ether oxygens (including phenoxy) is 1. The molecule has 1 aromatic carbocycles. The van der Waals surface area contributed by atoms with E-state index in [1.165, 1.54) is 38.5 Å². The number of benzene rings is 1. The minimum Gasteiger partial charge on any atom is -0.497 e. The van der Waals surface area contributed by atoms with Crippen LogP contribution in [0.4, 0.5) is 0 Å². The molecule has 0 unspecified atom stereocenters. The first-order valence-corrected chi connectivity index (χ1v) is 7.86. The molecule has 1 aromatic rings. The van der Waals surface area contributed by atoms with E-state index in [-0.39, 0.29) is 5.78 Å². The van der Waals surface area contributed by atoms with Crippen LogP contribution in [0.5, 0.6) is 5.75 Å². The first-order chi connectivity index (χ1) is 9.20. The summed E-state index contributed by atoms with van der Waals surface area (Å²) in [6.45, 7) is 0. The highest BCUT2D eigenvalue weighted by atomic mass is 79.9. The zero-order valence-corrected chi connectivity index (χ0v) is 13.0. The van der Waals surface area contributed by atoms with Crippen LogP contribution < -0.4 is 4.74 Å². The van der Waals surface area contributed by atoms with E-state index in [0.29, 0.717) is 12.3 Å². The topological polar surface area (TPSA) is 26.3 Å². The van der Waals surface area contributed by atoms with Crippen LogP contribution in [-0.2, 0) is 0 Å². The van der Waals surface area contributed by atoms with Gasteiger partial charge >= 0.3 is 0 Å². The van der Waals surface area contributed by atoms with Crippen LogP contribution in [0, 0.1) is 5.92 Å². The summed E-state index contributed by atoms with van der Waals surface area (Å²) in [4.78, 5) is 12.4. The predicted octanol–water partition coefficient (Wildman–Crippen LogP) is 5.00. The van der Waals surface area contributed by atoms with Gasteiger partial charge in [0.2, 0.25) is 0 Å². The summed E-state index contributed by atoms with van der Waals surface area (Å²) in [7, 11) is 1.63. The molecule has 1 saturated carbocycles. The number of halogens is 1. The first-order valence-electron chi connectivity index (χ1n) is 7.07. The van der Waals surface area contributed by atoms with E-state index in [9.17, 15) is 4.79 Å². The monoisotopic (exact) mass is 324 g/mol. The zero-order chi connectivity index (χ0) is 13.7. The molecular formula is C16H21BrO2. The van der Waals surface area contributed by atoms with Gasteiger partial charge in [0.1, 0.15) is 5.75 Å². The van der Waals surface area contributed by atoms with Gasteiger partial charge in [0.25, 0.3) is 0 Å². The molecular weight excluding hydrogens is 304 g/mol. The van der Waals surface area contributed by atoms with E-state index < -0.39 is 0 Å². The Labute approximate surface area is 123 Å². The van der Waals surface area contributed by atoms with Crippen molar-refractivity contribution in [2.24, 2.45) is 5.92 Å². The molecule has 0 atom stereocenters. The molecule has 1 aliphatic rings. The maximum absolute atomic E-state index is 12.4. The highest BCUT2D eigenvalue weighted by Crippen LogP contribution is 2.29. The lowest BCUT2D eigenvalue weighted by Crippen LogP contribution is -2.09. The largest absolute Gasteiger partial charge is 0.497 e. The molecule has 0 saturated heterocycles. The summed E-state index contributed by atoms with van der Waals surface area (Å²) < 4.78 is 5.99. The number of hydrogen-bond donors (Lipinski definition) is 0. The SMILES string of the molecule is COc1ccc(C(=O)CC2CCCCCC2)c(Br)c1. The van der Waals surface area contributed by atoms with E-state index in [1.807, 2.05) is 18.2 Å². The number of methoxy groups -OCH3 is 1. The van der Waals surface area contributed by atoms with Crippen LogP contribution in [0.2, 0.25) is 0 Å². The Kier molecular flexibility index (Phi) is 5.44. The highest BCUT2D eigenvalue weighted by Gasteiger charge is 2.18. The van der Waals surface area contributed by atoms with Gasteiger partial charge in [-0.1, -0.05) is 38.5 Å². The molecule has 2 rings (SSSR count). The number of ketones is 1. The number of hydrogen-bond acceptors (Lipinski definition) is 2. The molecule has 0 aliphatic heterocycles. The summed E-state index contributed by atoms with van der Waals surface area (Å²) in [5.41, 5.74) is 0.782. The van der Waals surface area contributed by atoms with Crippen molar-refractivity contribution in [3.63, 3.8) is 0 Å². The second kappa shape index (κ2) is 7.09. The van der Waals surface area contributed by atoms with Crippen molar-refractivity contribution in [1.29, 1.82) is 0 Å². The van der Waals surface area contributed by atoms with E-state index >= 15 is 0 Å². The first kappa shape index (κ1) is 14.6. The Morgan fingerprint density at radius 3 is 2.53 bits per heavy atom. The van der Waals surface area contributed by atoms with E-state index in [2.05, 4.69) is 15.9 Å². The molecule has 2 nitrogen and oxygen atoms in total. The molecule has 0 spiro atoms. The number of carbonyl (C=O) groups excluding carboxylic acids is 1. The Hall–Kier alpha value is -0.830. The van der Waals surface area contributed by atoms with E-state index in [4.69, 9.17) is 4.74 Å². The maximum atomic E-state index is 12.4. The molecule has 1 fully saturated rings. The molecule has 1 aliphatic carbocycles. The molecule has 0 aromatic heterocycles. The quantitative estimate of drug-likeness (QED) is 0.575. The van der Waals surface area contributed by atoms with Crippen LogP contribution in [0.25, 0.3) is 0 Å². The molecule has 0 bridgehead atoms. The van der Waals surface area contributed by atoms with Crippen LogP contribution >= 0.6 is 15.9 Å². The number of carbonyl (C=O) groups is 1. The fourth-order valence-corrected chi connectivity index (χ4v) is 3.37. The van der Waals surface area contributed by atoms with Crippen molar-refractivity contribution < 1.29 is 9.53 Å². The van der Waals surface area contributed by atoms with Gasteiger partial charge in [0, 0.05) is 16.5 Å². The summed E-state index contributed by atoms with van der Waals surface area (Å²) >= 11 is 3.47. The van der Waals surface area contributed by atoms with Gasteiger partial charge in [-0.05, 0) is 40.0 Å². The molecule has 19 heavy (non-hydrogen) atoms. The van der Waals surface area contributed by atoms with Gasteiger partial charge in [-0.25, -0.2) is 0 Å². The normalized spacial score (nSPS) is 16.9. The number of rotatable bonds is 4.